The maximum Gasteiger partial charge on any atom is 0.407 e. The van der Waals surface area contributed by atoms with Crippen molar-refractivity contribution in [3.63, 3.8) is 0 Å². The molecule has 5 heteroatoms. The van der Waals surface area contributed by atoms with Crippen LogP contribution < -0.4 is 5.32 Å². The molecule has 0 bridgehead atoms. The summed E-state index contributed by atoms with van der Waals surface area (Å²) >= 11 is 0. The number of rotatable bonds is 1. The van der Waals surface area contributed by atoms with Crippen LogP contribution in [0, 0.1) is 0 Å². The van der Waals surface area contributed by atoms with Crippen LogP contribution in [0.3, 0.4) is 0 Å². The highest BCUT2D eigenvalue weighted by Gasteiger charge is 2.48. The van der Waals surface area contributed by atoms with Gasteiger partial charge in [0.15, 0.2) is 6.10 Å². The van der Waals surface area contributed by atoms with Crippen LogP contribution in [0.25, 0.3) is 0 Å². The van der Waals surface area contributed by atoms with Gasteiger partial charge in [-0.25, -0.2) is 4.79 Å². The monoisotopic (exact) mass is 185 g/mol. The normalized spacial score (nSPS) is 42.5. The second kappa shape index (κ2) is 2.71. The fraction of sp³-hybridized carbons (Fsp3) is 0.625. The van der Waals surface area contributed by atoms with Gasteiger partial charge in [-0.1, -0.05) is 12.2 Å². The highest BCUT2D eigenvalue weighted by atomic mass is 16.6. The molecule has 0 aromatic heterocycles. The van der Waals surface area contributed by atoms with E-state index in [2.05, 4.69) is 5.32 Å². The molecule has 5 nitrogen and oxygen atoms in total. The van der Waals surface area contributed by atoms with E-state index in [1.165, 1.54) is 6.08 Å². The van der Waals surface area contributed by atoms with Crippen LogP contribution in [0.5, 0.6) is 0 Å². The van der Waals surface area contributed by atoms with Gasteiger partial charge in [0.2, 0.25) is 0 Å². The lowest BCUT2D eigenvalue weighted by molar-refractivity contribution is -0.0713. The van der Waals surface area contributed by atoms with E-state index in [0.29, 0.717) is 6.42 Å². The molecule has 0 aromatic carbocycles. The Morgan fingerprint density at radius 1 is 1.77 bits per heavy atom. The van der Waals surface area contributed by atoms with Crippen molar-refractivity contribution in [3.8, 4) is 0 Å². The van der Waals surface area contributed by atoms with Gasteiger partial charge in [-0.05, 0) is 6.42 Å². The predicted octanol–water partition coefficient (Wildman–Crippen LogP) is -0.853. The van der Waals surface area contributed by atoms with Gasteiger partial charge >= 0.3 is 6.09 Å². The number of carbonyl (C=O) groups excluding carboxylic acids is 1. The SMILES string of the molecule is O=C1N[C@H]2CC=C[C@](O)(CO)[C@@H]2O1. The van der Waals surface area contributed by atoms with Crippen molar-refractivity contribution in [1.29, 1.82) is 0 Å². The molecule has 1 saturated heterocycles. The van der Waals surface area contributed by atoms with E-state index in [0.717, 1.165) is 0 Å². The number of hydrogen-bond acceptors (Lipinski definition) is 4. The minimum Gasteiger partial charge on any atom is -0.440 e. The highest BCUT2D eigenvalue weighted by molar-refractivity contribution is 5.70. The molecule has 2 aliphatic rings. The third-order valence-electron chi connectivity index (χ3n) is 2.45. The van der Waals surface area contributed by atoms with Crippen LogP contribution in [0.1, 0.15) is 6.42 Å². The van der Waals surface area contributed by atoms with E-state index in [9.17, 15) is 9.90 Å². The Balaban J connectivity index is 2.26. The fourth-order valence-corrected chi connectivity index (χ4v) is 1.75. The van der Waals surface area contributed by atoms with Crippen LogP contribution in [0.15, 0.2) is 12.2 Å². The average molecular weight is 185 g/mol. The zero-order chi connectivity index (χ0) is 9.47. The number of aliphatic hydroxyl groups excluding tert-OH is 1. The van der Waals surface area contributed by atoms with Gasteiger partial charge in [0.1, 0.15) is 5.60 Å². The van der Waals surface area contributed by atoms with Crippen LogP contribution in [0.4, 0.5) is 4.79 Å². The van der Waals surface area contributed by atoms with Crippen molar-refractivity contribution in [2.45, 2.75) is 24.2 Å². The first-order valence-corrected chi connectivity index (χ1v) is 4.14. The molecule has 2 rings (SSSR count). The minimum atomic E-state index is -1.43. The topological polar surface area (TPSA) is 78.8 Å². The summed E-state index contributed by atoms with van der Waals surface area (Å²) in [5.41, 5.74) is -1.43. The minimum absolute atomic E-state index is 0.227. The van der Waals surface area contributed by atoms with Crippen LogP contribution >= 0.6 is 0 Å². The van der Waals surface area contributed by atoms with E-state index >= 15 is 0 Å². The molecule has 0 radical (unpaired) electrons. The fourth-order valence-electron chi connectivity index (χ4n) is 1.75. The lowest BCUT2D eigenvalue weighted by atomic mass is 9.85. The van der Waals surface area contributed by atoms with Crippen LogP contribution in [-0.4, -0.2) is 40.7 Å². The number of amides is 1. The zero-order valence-corrected chi connectivity index (χ0v) is 6.93. The molecule has 1 amide bonds. The molecule has 3 N–H and O–H groups in total. The summed E-state index contributed by atoms with van der Waals surface area (Å²) in [7, 11) is 0. The van der Waals surface area contributed by atoms with Crippen molar-refractivity contribution >= 4 is 6.09 Å². The number of fused-ring (bicyclic) bond motifs is 1. The molecule has 13 heavy (non-hydrogen) atoms. The van der Waals surface area contributed by atoms with Crippen molar-refractivity contribution in [2.75, 3.05) is 6.61 Å². The lowest BCUT2D eigenvalue weighted by Crippen LogP contribution is -2.52. The molecule has 1 fully saturated rings. The number of nitrogens with one attached hydrogen (secondary N) is 1. The van der Waals surface area contributed by atoms with Crippen LogP contribution in [0.2, 0.25) is 0 Å². The number of ether oxygens (including phenoxy) is 1. The highest BCUT2D eigenvalue weighted by Crippen LogP contribution is 2.28. The standard InChI is InChI=1S/C8H11NO4/c10-4-8(12)3-1-2-5-6(8)13-7(11)9-5/h1,3,5-6,10,12H,2,4H2,(H,9,11)/t5-,6+,8-/m0/s1. The molecule has 0 saturated carbocycles. The number of carbonyl (C=O) groups is 1. The van der Waals surface area contributed by atoms with Crippen molar-refractivity contribution in [1.82, 2.24) is 5.32 Å². The number of aliphatic hydroxyl groups is 2. The molecule has 1 heterocycles. The van der Waals surface area contributed by atoms with Gasteiger partial charge in [-0.3, -0.25) is 0 Å². The average Bonchev–Trinajstić information content (AvgIpc) is 2.48. The first-order chi connectivity index (χ1) is 6.15. The largest absolute Gasteiger partial charge is 0.440 e. The molecular weight excluding hydrogens is 174 g/mol. The van der Waals surface area contributed by atoms with Crippen molar-refractivity contribution in [3.05, 3.63) is 12.2 Å². The Hall–Kier alpha value is -1.07. The summed E-state index contributed by atoms with van der Waals surface area (Å²) in [6.07, 6.45) is 2.63. The van der Waals surface area contributed by atoms with Crippen molar-refractivity contribution < 1.29 is 19.7 Å². The first-order valence-electron chi connectivity index (χ1n) is 4.14. The molecule has 1 aliphatic heterocycles. The molecule has 1 aliphatic carbocycles. The Labute approximate surface area is 75.0 Å². The Morgan fingerprint density at radius 3 is 3.23 bits per heavy atom. The molecule has 0 aromatic rings. The maximum absolute atomic E-state index is 10.9. The summed E-state index contributed by atoms with van der Waals surface area (Å²) in [5, 5.41) is 21.3. The van der Waals surface area contributed by atoms with Crippen molar-refractivity contribution in [2.24, 2.45) is 0 Å². The van der Waals surface area contributed by atoms with Gasteiger partial charge < -0.3 is 20.3 Å². The summed E-state index contributed by atoms with van der Waals surface area (Å²) in [5.74, 6) is 0. The van der Waals surface area contributed by atoms with Gasteiger partial charge in [0, 0.05) is 0 Å². The third kappa shape index (κ3) is 1.20. The molecule has 0 spiro atoms. The van der Waals surface area contributed by atoms with Gasteiger partial charge in [-0.2, -0.15) is 0 Å². The second-order valence-corrected chi connectivity index (χ2v) is 3.36. The van der Waals surface area contributed by atoms with E-state index in [-0.39, 0.29) is 6.04 Å². The smallest absolute Gasteiger partial charge is 0.407 e. The number of hydrogen-bond donors (Lipinski definition) is 3. The first kappa shape index (κ1) is 8.52. The molecule has 72 valence electrons. The summed E-state index contributed by atoms with van der Waals surface area (Å²) in [6.45, 7) is -0.445. The zero-order valence-electron chi connectivity index (χ0n) is 6.93. The van der Waals surface area contributed by atoms with E-state index in [1.54, 1.807) is 6.08 Å². The molecule has 3 atom stereocenters. The summed E-state index contributed by atoms with van der Waals surface area (Å²) < 4.78 is 4.86. The molecular formula is C8H11NO4. The second-order valence-electron chi connectivity index (χ2n) is 3.36. The maximum atomic E-state index is 10.9. The Morgan fingerprint density at radius 2 is 2.54 bits per heavy atom. The van der Waals surface area contributed by atoms with E-state index < -0.39 is 24.4 Å². The lowest BCUT2D eigenvalue weighted by Gasteiger charge is -2.33. The van der Waals surface area contributed by atoms with Crippen LogP contribution in [-0.2, 0) is 4.74 Å². The van der Waals surface area contributed by atoms with E-state index in [4.69, 9.17) is 9.84 Å². The van der Waals surface area contributed by atoms with E-state index in [1.807, 2.05) is 0 Å². The predicted molar refractivity (Wildman–Crippen MR) is 43.0 cm³/mol. The van der Waals surface area contributed by atoms with Gasteiger partial charge in [0.05, 0.1) is 12.6 Å². The Bertz CT molecular complexity index is 265. The van der Waals surface area contributed by atoms with Gasteiger partial charge in [0.25, 0.3) is 0 Å². The summed E-state index contributed by atoms with van der Waals surface area (Å²) in [4.78, 5) is 10.9. The number of alkyl carbamates (subject to hydrolysis) is 1. The summed E-state index contributed by atoms with van der Waals surface area (Å²) in [6, 6.07) is -0.227. The molecule has 0 unspecified atom stereocenters. The quantitative estimate of drug-likeness (QED) is 0.465. The third-order valence-corrected chi connectivity index (χ3v) is 2.45. The Kier molecular flexibility index (Phi) is 1.78. The van der Waals surface area contributed by atoms with Gasteiger partial charge in [-0.15, -0.1) is 0 Å².